The molecule has 0 aliphatic carbocycles. The molecule has 5 rings (SSSR count). The summed E-state index contributed by atoms with van der Waals surface area (Å²) in [6, 6.07) is 12.4. The van der Waals surface area contributed by atoms with Crippen molar-refractivity contribution in [1.82, 2.24) is 19.4 Å². The van der Waals surface area contributed by atoms with E-state index in [1.165, 1.54) is 12.1 Å². The van der Waals surface area contributed by atoms with E-state index in [9.17, 15) is 4.39 Å². The summed E-state index contributed by atoms with van der Waals surface area (Å²) in [5.41, 5.74) is 12.5. The van der Waals surface area contributed by atoms with E-state index in [-0.39, 0.29) is 5.82 Å². The molecule has 0 spiro atoms. The lowest BCUT2D eigenvalue weighted by Crippen LogP contribution is -2.03. The molecule has 7 heteroatoms. The molecule has 0 saturated heterocycles. The number of benzene rings is 2. The van der Waals surface area contributed by atoms with E-state index in [0.29, 0.717) is 22.7 Å². The number of nitrogen functional groups attached to an aromatic ring is 1. The summed E-state index contributed by atoms with van der Waals surface area (Å²) >= 11 is 1.57. The van der Waals surface area contributed by atoms with Gasteiger partial charge in [-0.1, -0.05) is 18.2 Å². The van der Waals surface area contributed by atoms with Gasteiger partial charge in [-0.3, -0.25) is 4.40 Å². The van der Waals surface area contributed by atoms with E-state index in [1.54, 1.807) is 23.6 Å². The Kier molecular flexibility index (Phi) is 3.23. The maximum Gasteiger partial charge on any atom is 0.180 e. The number of fused-ring (bicyclic) bond motifs is 2. The molecule has 0 bridgehead atoms. The predicted octanol–water partition coefficient (Wildman–Crippen LogP) is 4.39. The van der Waals surface area contributed by atoms with Gasteiger partial charge in [0, 0.05) is 23.5 Å². The molecule has 2 aromatic carbocycles. The van der Waals surface area contributed by atoms with Gasteiger partial charge in [0.25, 0.3) is 0 Å². The van der Waals surface area contributed by atoms with Gasteiger partial charge in [-0.05, 0) is 24.3 Å². The monoisotopic (exact) mass is 361 g/mol. The number of hydrogen-bond acceptors (Lipinski definition) is 5. The summed E-state index contributed by atoms with van der Waals surface area (Å²) in [5.74, 6) is -0.0191. The Morgan fingerprint density at radius 1 is 1.04 bits per heavy atom. The molecule has 5 nitrogen and oxygen atoms in total. The molecular weight excluding hydrogens is 349 g/mol. The van der Waals surface area contributed by atoms with Crippen LogP contribution in [0.1, 0.15) is 0 Å². The van der Waals surface area contributed by atoms with Crippen molar-refractivity contribution < 1.29 is 4.39 Å². The molecule has 126 valence electrons. The second kappa shape index (κ2) is 5.60. The lowest BCUT2D eigenvalue weighted by Gasteiger charge is -2.14. The molecule has 0 atom stereocenters. The number of rotatable bonds is 2. The van der Waals surface area contributed by atoms with Crippen LogP contribution in [0.2, 0.25) is 0 Å². The third-order valence-corrected chi connectivity index (χ3v) is 5.06. The molecule has 0 fully saturated rings. The first kappa shape index (κ1) is 15.0. The summed E-state index contributed by atoms with van der Waals surface area (Å²) in [6.07, 6.45) is 3.51. The van der Waals surface area contributed by atoms with Crippen LogP contribution in [0, 0.1) is 5.82 Å². The first-order chi connectivity index (χ1) is 12.7. The first-order valence-corrected chi connectivity index (χ1v) is 8.81. The lowest BCUT2D eigenvalue weighted by molar-refractivity contribution is 0.628. The number of nitrogens with zero attached hydrogens (tertiary/aromatic N) is 4. The number of imidazole rings is 1. The van der Waals surface area contributed by atoms with Crippen LogP contribution in [0.4, 0.5) is 10.2 Å². The highest BCUT2D eigenvalue weighted by atomic mass is 32.1. The van der Waals surface area contributed by atoms with Gasteiger partial charge in [-0.25, -0.2) is 19.3 Å². The van der Waals surface area contributed by atoms with Gasteiger partial charge in [0.05, 0.1) is 27.1 Å². The van der Waals surface area contributed by atoms with Crippen molar-refractivity contribution >= 4 is 33.0 Å². The molecule has 0 aliphatic rings. The maximum absolute atomic E-state index is 13.8. The number of anilines is 1. The molecule has 0 radical (unpaired) electrons. The highest BCUT2D eigenvalue weighted by Crippen LogP contribution is 2.35. The predicted molar refractivity (Wildman–Crippen MR) is 101 cm³/mol. The zero-order valence-electron chi connectivity index (χ0n) is 13.4. The highest BCUT2D eigenvalue weighted by Gasteiger charge is 2.17. The summed E-state index contributed by atoms with van der Waals surface area (Å²) in [6.45, 7) is 0. The molecule has 2 N–H and O–H groups in total. The second-order valence-electron chi connectivity index (χ2n) is 5.86. The molecule has 26 heavy (non-hydrogen) atoms. The van der Waals surface area contributed by atoms with Crippen molar-refractivity contribution in [3.8, 4) is 22.5 Å². The molecular formula is C19H12FN5S. The minimum atomic E-state index is -0.322. The highest BCUT2D eigenvalue weighted by molar-refractivity contribution is 7.16. The Bertz CT molecular complexity index is 1270. The third kappa shape index (κ3) is 2.25. The van der Waals surface area contributed by atoms with Gasteiger partial charge in [0.15, 0.2) is 11.5 Å². The molecule has 0 aliphatic heterocycles. The zero-order chi connectivity index (χ0) is 17.7. The fraction of sp³-hybridized carbons (Fsp3) is 0. The SMILES string of the molecule is Nc1nc(-c2cccc(F)c2)c(-c2ccc3ncsc3c2)n2ccnc12. The van der Waals surface area contributed by atoms with Crippen LogP contribution in [0.3, 0.4) is 0 Å². The molecule has 0 saturated carbocycles. The van der Waals surface area contributed by atoms with Gasteiger partial charge < -0.3 is 5.73 Å². The fourth-order valence-corrected chi connectivity index (χ4v) is 3.84. The minimum absolute atomic E-state index is 0.303. The van der Waals surface area contributed by atoms with Crippen LogP contribution in [0.5, 0.6) is 0 Å². The van der Waals surface area contributed by atoms with Crippen LogP contribution < -0.4 is 5.73 Å². The quantitative estimate of drug-likeness (QED) is 0.506. The van der Waals surface area contributed by atoms with Gasteiger partial charge in [0.2, 0.25) is 0 Å². The van der Waals surface area contributed by atoms with Crippen molar-refractivity contribution in [1.29, 1.82) is 0 Å². The number of thiazole rings is 1. The van der Waals surface area contributed by atoms with Gasteiger partial charge in [0.1, 0.15) is 5.82 Å². The summed E-state index contributed by atoms with van der Waals surface area (Å²) in [7, 11) is 0. The molecule has 3 aromatic heterocycles. The first-order valence-electron chi connectivity index (χ1n) is 7.93. The average Bonchev–Trinajstić information content (AvgIpc) is 3.30. The Labute approximate surface area is 151 Å². The zero-order valence-corrected chi connectivity index (χ0v) is 14.2. The number of aromatic nitrogens is 4. The van der Waals surface area contributed by atoms with Crippen molar-refractivity contribution in [3.05, 3.63) is 66.2 Å². The van der Waals surface area contributed by atoms with Crippen molar-refractivity contribution in [2.45, 2.75) is 0 Å². The van der Waals surface area contributed by atoms with Gasteiger partial charge in [-0.15, -0.1) is 11.3 Å². The van der Waals surface area contributed by atoms with Crippen molar-refractivity contribution in [3.63, 3.8) is 0 Å². The Morgan fingerprint density at radius 2 is 1.96 bits per heavy atom. The Morgan fingerprint density at radius 3 is 2.85 bits per heavy atom. The Hall–Kier alpha value is -3.32. The smallest absolute Gasteiger partial charge is 0.180 e. The molecule has 0 amide bonds. The summed E-state index contributed by atoms with van der Waals surface area (Å²) in [5, 5.41) is 0. The molecule has 5 aromatic rings. The Balaban J connectivity index is 1.88. The standard InChI is InChI=1S/C19H12FN5S/c20-13-3-1-2-11(8-13)16-17(25-7-6-22-19(25)18(21)24-16)12-4-5-14-15(9-12)26-10-23-14/h1-10H,(H2,21,24). The normalized spacial score (nSPS) is 11.4. The number of nitrogens with two attached hydrogens (primary N) is 1. The number of halogens is 1. The van der Waals surface area contributed by atoms with Crippen LogP contribution in [-0.4, -0.2) is 19.4 Å². The van der Waals surface area contributed by atoms with Gasteiger partial charge >= 0.3 is 0 Å². The minimum Gasteiger partial charge on any atom is -0.381 e. The third-order valence-electron chi connectivity index (χ3n) is 4.27. The van der Waals surface area contributed by atoms with Crippen molar-refractivity contribution in [2.75, 3.05) is 5.73 Å². The largest absolute Gasteiger partial charge is 0.381 e. The molecule has 0 unspecified atom stereocenters. The summed E-state index contributed by atoms with van der Waals surface area (Å²) < 4.78 is 16.8. The number of hydrogen-bond donors (Lipinski definition) is 1. The van der Waals surface area contributed by atoms with E-state index in [0.717, 1.165) is 21.5 Å². The van der Waals surface area contributed by atoms with Crippen LogP contribution >= 0.6 is 11.3 Å². The van der Waals surface area contributed by atoms with E-state index >= 15 is 0 Å². The van der Waals surface area contributed by atoms with Crippen molar-refractivity contribution in [2.24, 2.45) is 0 Å². The topological polar surface area (TPSA) is 69.1 Å². The molecule has 3 heterocycles. The van der Waals surface area contributed by atoms with E-state index < -0.39 is 0 Å². The van der Waals surface area contributed by atoms with E-state index in [2.05, 4.69) is 21.0 Å². The van der Waals surface area contributed by atoms with E-state index in [4.69, 9.17) is 5.73 Å². The van der Waals surface area contributed by atoms with E-state index in [1.807, 2.05) is 34.3 Å². The summed E-state index contributed by atoms with van der Waals surface area (Å²) in [4.78, 5) is 13.2. The van der Waals surface area contributed by atoms with Gasteiger partial charge in [-0.2, -0.15) is 0 Å². The fourth-order valence-electron chi connectivity index (χ4n) is 3.13. The van der Waals surface area contributed by atoms with Crippen LogP contribution in [0.15, 0.2) is 60.4 Å². The van der Waals surface area contributed by atoms with Crippen LogP contribution in [0.25, 0.3) is 38.4 Å². The lowest BCUT2D eigenvalue weighted by atomic mass is 10.0. The average molecular weight is 361 g/mol. The second-order valence-corrected chi connectivity index (χ2v) is 6.75. The maximum atomic E-state index is 13.8. The van der Waals surface area contributed by atoms with Crippen LogP contribution in [-0.2, 0) is 0 Å².